The van der Waals surface area contributed by atoms with Crippen molar-refractivity contribution in [2.45, 2.75) is 6.42 Å². The number of ether oxygens (including phenoxy) is 1. The molecule has 0 radical (unpaired) electrons. The lowest BCUT2D eigenvalue weighted by molar-refractivity contribution is -0.120. The molecule has 132 valence electrons. The van der Waals surface area contributed by atoms with Crippen molar-refractivity contribution >= 4 is 16.7 Å². The zero-order chi connectivity index (χ0) is 17.8. The minimum atomic E-state index is 0.160. The number of rotatable bonds is 5. The van der Waals surface area contributed by atoms with Gasteiger partial charge in [0.2, 0.25) is 0 Å². The number of Topliss-reactive ketones (excluding diaryl/α,β-unsaturated/α-hetero) is 1. The number of ketones is 1. The zero-order valence-electron chi connectivity index (χ0n) is 14.3. The predicted octanol–water partition coefficient (Wildman–Crippen LogP) is 1.53. The summed E-state index contributed by atoms with van der Waals surface area (Å²) in [6.45, 7) is 3.44. The second-order valence-corrected chi connectivity index (χ2v) is 6.30. The fourth-order valence-electron chi connectivity index (χ4n) is 3.02. The number of aromatic nitrogens is 4. The Balaban J connectivity index is 1.51. The molecule has 4 rings (SSSR count). The summed E-state index contributed by atoms with van der Waals surface area (Å²) in [5.41, 5.74) is 3.30. The molecular formula is C19H19N5O2. The van der Waals surface area contributed by atoms with E-state index in [0.717, 1.165) is 40.9 Å². The van der Waals surface area contributed by atoms with Gasteiger partial charge in [0.05, 0.1) is 49.8 Å². The van der Waals surface area contributed by atoms with Crippen molar-refractivity contribution in [3.8, 4) is 11.3 Å². The van der Waals surface area contributed by atoms with Crippen molar-refractivity contribution in [1.29, 1.82) is 0 Å². The first kappa shape index (κ1) is 16.7. The summed E-state index contributed by atoms with van der Waals surface area (Å²) in [7, 11) is 0. The summed E-state index contributed by atoms with van der Waals surface area (Å²) >= 11 is 0. The van der Waals surface area contributed by atoms with Gasteiger partial charge in [0.15, 0.2) is 5.78 Å². The third kappa shape index (κ3) is 3.89. The Bertz CT molecular complexity index is 910. The fraction of sp³-hybridized carbons (Fsp3) is 0.316. The Morgan fingerprint density at radius 1 is 1.12 bits per heavy atom. The first-order chi connectivity index (χ1) is 12.8. The first-order valence-electron chi connectivity index (χ1n) is 8.62. The number of hydrogen-bond acceptors (Lipinski definition) is 7. The van der Waals surface area contributed by atoms with Crippen LogP contribution in [0.3, 0.4) is 0 Å². The second-order valence-electron chi connectivity index (χ2n) is 6.30. The third-order valence-electron chi connectivity index (χ3n) is 4.39. The average Bonchev–Trinajstić information content (AvgIpc) is 2.69. The molecule has 0 aliphatic carbocycles. The lowest BCUT2D eigenvalue weighted by Crippen LogP contribution is -2.39. The van der Waals surface area contributed by atoms with Crippen molar-refractivity contribution in [1.82, 2.24) is 25.1 Å². The van der Waals surface area contributed by atoms with E-state index in [9.17, 15) is 4.79 Å². The maximum atomic E-state index is 12.3. The average molecular weight is 349 g/mol. The van der Waals surface area contributed by atoms with Gasteiger partial charge in [-0.2, -0.15) is 10.2 Å². The number of carbonyl (C=O) groups is 1. The highest BCUT2D eigenvalue weighted by molar-refractivity contribution is 5.85. The normalized spacial score (nSPS) is 15.2. The van der Waals surface area contributed by atoms with Gasteiger partial charge in [-0.05, 0) is 24.3 Å². The van der Waals surface area contributed by atoms with Gasteiger partial charge < -0.3 is 4.74 Å². The maximum absolute atomic E-state index is 12.3. The number of carbonyl (C=O) groups excluding carboxylic acids is 1. The van der Waals surface area contributed by atoms with Crippen LogP contribution in [0.2, 0.25) is 0 Å². The molecule has 0 saturated carbocycles. The van der Waals surface area contributed by atoms with Crippen LogP contribution in [0.1, 0.15) is 5.69 Å². The van der Waals surface area contributed by atoms with Gasteiger partial charge >= 0.3 is 0 Å². The zero-order valence-corrected chi connectivity index (χ0v) is 14.3. The molecular weight excluding hydrogens is 330 g/mol. The van der Waals surface area contributed by atoms with E-state index in [2.05, 4.69) is 25.1 Å². The largest absolute Gasteiger partial charge is 0.379 e. The molecule has 0 atom stereocenters. The number of hydrogen-bond donors (Lipinski definition) is 0. The number of pyridine rings is 2. The Labute approximate surface area is 151 Å². The fourth-order valence-corrected chi connectivity index (χ4v) is 3.02. The highest BCUT2D eigenvalue weighted by atomic mass is 16.5. The lowest BCUT2D eigenvalue weighted by Gasteiger charge is -2.25. The summed E-state index contributed by atoms with van der Waals surface area (Å²) in [6, 6.07) is 7.68. The van der Waals surface area contributed by atoms with Gasteiger partial charge in [-0.3, -0.25) is 14.7 Å². The summed E-state index contributed by atoms with van der Waals surface area (Å²) in [5.74, 6) is 0.160. The van der Waals surface area contributed by atoms with Crippen LogP contribution in [0.25, 0.3) is 22.2 Å². The Morgan fingerprint density at radius 2 is 2.00 bits per heavy atom. The van der Waals surface area contributed by atoms with Crippen molar-refractivity contribution in [3.05, 3.63) is 48.5 Å². The van der Waals surface area contributed by atoms with Crippen LogP contribution < -0.4 is 0 Å². The van der Waals surface area contributed by atoms with Crippen LogP contribution in [0, 0.1) is 0 Å². The van der Waals surface area contributed by atoms with Gasteiger partial charge in [-0.25, -0.2) is 4.98 Å². The van der Waals surface area contributed by atoms with Gasteiger partial charge in [0.1, 0.15) is 0 Å². The summed E-state index contributed by atoms with van der Waals surface area (Å²) in [6.07, 6.45) is 5.41. The minimum absolute atomic E-state index is 0.160. The van der Waals surface area contributed by atoms with Crippen LogP contribution in [-0.4, -0.2) is 63.7 Å². The minimum Gasteiger partial charge on any atom is -0.379 e. The Kier molecular flexibility index (Phi) is 4.90. The molecule has 1 fully saturated rings. The third-order valence-corrected chi connectivity index (χ3v) is 4.39. The van der Waals surface area contributed by atoms with E-state index in [1.165, 1.54) is 0 Å². The molecule has 26 heavy (non-hydrogen) atoms. The number of fused-ring (bicyclic) bond motifs is 1. The molecule has 0 spiro atoms. The van der Waals surface area contributed by atoms with Gasteiger partial charge in [-0.1, -0.05) is 0 Å². The summed E-state index contributed by atoms with van der Waals surface area (Å²) in [5, 5.41) is 8.63. The maximum Gasteiger partial charge on any atom is 0.152 e. The summed E-state index contributed by atoms with van der Waals surface area (Å²) < 4.78 is 5.31. The standard InChI is InChI=1S/C19H19N5O2/c25-17(13-24-5-7-26-8-6-24)9-16-10-19-14(11-20-16)1-2-18(23-19)15-3-4-21-22-12-15/h1-4,10-12H,5-9,13H2. The van der Waals surface area contributed by atoms with Crippen molar-refractivity contribution < 1.29 is 9.53 Å². The molecule has 1 aliphatic heterocycles. The van der Waals surface area contributed by atoms with Crippen molar-refractivity contribution in [3.63, 3.8) is 0 Å². The van der Waals surface area contributed by atoms with E-state index < -0.39 is 0 Å². The molecule has 7 heteroatoms. The molecule has 4 heterocycles. The molecule has 0 unspecified atom stereocenters. The molecule has 0 amide bonds. The topological polar surface area (TPSA) is 81.1 Å². The first-order valence-corrected chi connectivity index (χ1v) is 8.62. The van der Waals surface area contributed by atoms with Gasteiger partial charge in [0.25, 0.3) is 0 Å². The van der Waals surface area contributed by atoms with E-state index >= 15 is 0 Å². The second kappa shape index (κ2) is 7.63. The molecule has 1 saturated heterocycles. The van der Waals surface area contributed by atoms with E-state index in [0.29, 0.717) is 26.2 Å². The van der Waals surface area contributed by atoms with Crippen molar-refractivity contribution in [2.24, 2.45) is 0 Å². The van der Waals surface area contributed by atoms with Crippen LogP contribution in [0.15, 0.2) is 42.9 Å². The number of morpholine rings is 1. The van der Waals surface area contributed by atoms with Crippen LogP contribution in [0.4, 0.5) is 0 Å². The van der Waals surface area contributed by atoms with Gasteiger partial charge in [0, 0.05) is 35.9 Å². The van der Waals surface area contributed by atoms with E-state index in [-0.39, 0.29) is 5.78 Å². The van der Waals surface area contributed by atoms with E-state index in [1.807, 2.05) is 24.3 Å². The monoisotopic (exact) mass is 349 g/mol. The van der Waals surface area contributed by atoms with Gasteiger partial charge in [-0.15, -0.1) is 0 Å². The van der Waals surface area contributed by atoms with Crippen molar-refractivity contribution in [2.75, 3.05) is 32.8 Å². The van der Waals surface area contributed by atoms with Crippen LogP contribution in [0.5, 0.6) is 0 Å². The molecule has 7 nitrogen and oxygen atoms in total. The smallest absolute Gasteiger partial charge is 0.152 e. The molecule has 3 aromatic heterocycles. The van der Waals surface area contributed by atoms with Crippen LogP contribution in [-0.2, 0) is 16.0 Å². The SMILES string of the molecule is O=C(Cc1cc2nc(-c3ccnnc3)ccc2cn1)CN1CCOCC1. The Hall–Kier alpha value is -2.77. The molecule has 3 aromatic rings. The van der Waals surface area contributed by atoms with Crippen LogP contribution >= 0.6 is 0 Å². The highest BCUT2D eigenvalue weighted by Crippen LogP contribution is 2.20. The molecule has 0 aromatic carbocycles. The molecule has 0 N–H and O–H groups in total. The molecule has 0 bridgehead atoms. The van der Waals surface area contributed by atoms with E-state index in [4.69, 9.17) is 4.74 Å². The number of nitrogens with zero attached hydrogens (tertiary/aromatic N) is 5. The lowest BCUT2D eigenvalue weighted by atomic mass is 10.1. The molecule has 1 aliphatic rings. The Morgan fingerprint density at radius 3 is 2.81 bits per heavy atom. The highest BCUT2D eigenvalue weighted by Gasteiger charge is 2.15. The summed E-state index contributed by atoms with van der Waals surface area (Å²) in [4.78, 5) is 23.6. The predicted molar refractivity (Wildman–Crippen MR) is 96.5 cm³/mol. The van der Waals surface area contributed by atoms with E-state index in [1.54, 1.807) is 18.6 Å². The quantitative estimate of drug-likeness (QED) is 0.691.